The van der Waals surface area contributed by atoms with Gasteiger partial charge >= 0.3 is 0 Å². The third-order valence-corrected chi connectivity index (χ3v) is 3.41. The molecule has 2 aromatic heterocycles. The van der Waals surface area contributed by atoms with Gasteiger partial charge in [-0.1, -0.05) is 11.6 Å². The molecule has 0 radical (unpaired) electrons. The molecule has 0 fully saturated rings. The van der Waals surface area contributed by atoms with Crippen LogP contribution in [-0.2, 0) is 13.1 Å². The number of fused-ring (bicyclic) bond motifs is 1. The number of nitrogens with zero attached hydrogens (tertiary/aromatic N) is 5. The molecule has 6 heteroatoms. The highest BCUT2D eigenvalue weighted by Crippen LogP contribution is 2.28. The van der Waals surface area contributed by atoms with Crippen LogP contribution < -0.4 is 4.90 Å². The van der Waals surface area contributed by atoms with Gasteiger partial charge in [-0.25, -0.2) is 9.97 Å². The van der Waals surface area contributed by atoms with Gasteiger partial charge in [0.25, 0.3) is 0 Å². The topological polar surface area (TPSA) is 57.7 Å². The number of halogens is 1. The summed E-state index contributed by atoms with van der Waals surface area (Å²) in [5.74, 6) is 1.64. The van der Waals surface area contributed by atoms with Crippen LogP contribution in [0.5, 0.6) is 0 Å². The first kappa shape index (κ1) is 11.1. The molecule has 0 N–H and O–H groups in total. The van der Waals surface area contributed by atoms with E-state index in [1.54, 1.807) is 18.5 Å². The molecule has 0 aliphatic carbocycles. The summed E-state index contributed by atoms with van der Waals surface area (Å²) in [5, 5.41) is 9.39. The highest BCUT2D eigenvalue weighted by Gasteiger charge is 2.20. The highest BCUT2D eigenvalue weighted by molar-refractivity contribution is 6.34. The van der Waals surface area contributed by atoms with E-state index < -0.39 is 0 Å². The standard InChI is InChI=1S/C12H10ClN5/c13-11-9(7-14)1-2-16-12(11)18-6-5-17-4-3-15-10(17)8-18/h1-4H,5-6,8H2. The van der Waals surface area contributed by atoms with Crippen molar-refractivity contribution in [1.82, 2.24) is 14.5 Å². The molecule has 0 atom stereocenters. The number of aromatic nitrogens is 3. The summed E-state index contributed by atoms with van der Waals surface area (Å²) in [4.78, 5) is 10.6. The first-order valence-electron chi connectivity index (χ1n) is 5.59. The lowest BCUT2D eigenvalue weighted by Gasteiger charge is -2.29. The molecule has 3 heterocycles. The molecule has 90 valence electrons. The fourth-order valence-corrected chi connectivity index (χ4v) is 2.37. The fraction of sp³-hybridized carbons (Fsp3) is 0.250. The summed E-state index contributed by atoms with van der Waals surface area (Å²) in [6.07, 6.45) is 5.37. The van der Waals surface area contributed by atoms with Gasteiger partial charge < -0.3 is 9.47 Å². The lowest BCUT2D eigenvalue weighted by atomic mass is 10.2. The maximum Gasteiger partial charge on any atom is 0.149 e. The first-order valence-corrected chi connectivity index (χ1v) is 5.97. The maximum atomic E-state index is 8.97. The minimum absolute atomic E-state index is 0.417. The SMILES string of the molecule is N#Cc1ccnc(N2CCn3ccnc3C2)c1Cl. The van der Waals surface area contributed by atoms with Crippen molar-refractivity contribution in [3.8, 4) is 6.07 Å². The molecule has 5 nitrogen and oxygen atoms in total. The Morgan fingerprint density at radius 3 is 3.00 bits per heavy atom. The Kier molecular flexibility index (Phi) is 2.65. The van der Waals surface area contributed by atoms with Gasteiger partial charge in [-0.05, 0) is 6.07 Å². The van der Waals surface area contributed by atoms with Crippen LogP contribution in [0.3, 0.4) is 0 Å². The van der Waals surface area contributed by atoms with Crippen LogP contribution in [0.15, 0.2) is 24.7 Å². The third-order valence-electron chi connectivity index (χ3n) is 3.04. The molecule has 0 bridgehead atoms. The van der Waals surface area contributed by atoms with Crippen LogP contribution in [0.4, 0.5) is 5.82 Å². The first-order chi connectivity index (χ1) is 8.79. The van der Waals surface area contributed by atoms with Gasteiger partial charge in [0.15, 0.2) is 0 Å². The predicted octanol–water partition coefficient (Wildman–Crippen LogP) is 1.82. The van der Waals surface area contributed by atoms with Crippen molar-refractivity contribution in [1.29, 1.82) is 5.26 Å². The van der Waals surface area contributed by atoms with Crippen molar-refractivity contribution < 1.29 is 0 Å². The van der Waals surface area contributed by atoms with Gasteiger partial charge in [-0.2, -0.15) is 5.26 Å². The van der Waals surface area contributed by atoms with Crippen molar-refractivity contribution in [2.75, 3.05) is 11.4 Å². The van der Waals surface area contributed by atoms with Crippen LogP contribution in [0.1, 0.15) is 11.4 Å². The number of anilines is 1. The molecule has 18 heavy (non-hydrogen) atoms. The van der Waals surface area contributed by atoms with Crippen LogP contribution >= 0.6 is 11.6 Å². The predicted molar refractivity (Wildman–Crippen MR) is 67.2 cm³/mol. The Morgan fingerprint density at radius 1 is 1.28 bits per heavy atom. The summed E-state index contributed by atoms with van der Waals surface area (Å²) in [6.45, 7) is 2.32. The Balaban J connectivity index is 1.96. The van der Waals surface area contributed by atoms with E-state index in [0.29, 0.717) is 22.9 Å². The number of imidazole rings is 1. The van der Waals surface area contributed by atoms with Crippen molar-refractivity contribution in [2.24, 2.45) is 0 Å². The van der Waals surface area contributed by atoms with E-state index in [1.165, 1.54) is 0 Å². The van der Waals surface area contributed by atoms with Gasteiger partial charge in [0.1, 0.15) is 22.7 Å². The van der Waals surface area contributed by atoms with Gasteiger partial charge in [0.2, 0.25) is 0 Å². The molecule has 0 aromatic carbocycles. The van der Waals surface area contributed by atoms with E-state index in [-0.39, 0.29) is 0 Å². The quantitative estimate of drug-likeness (QED) is 0.784. The molecule has 1 aliphatic rings. The molecule has 0 spiro atoms. The van der Waals surface area contributed by atoms with E-state index in [0.717, 1.165) is 18.9 Å². The number of hydrogen-bond acceptors (Lipinski definition) is 4. The summed E-state index contributed by atoms with van der Waals surface area (Å²) in [6, 6.07) is 3.69. The maximum absolute atomic E-state index is 8.97. The minimum Gasteiger partial charge on any atom is -0.346 e. The van der Waals surface area contributed by atoms with Crippen LogP contribution in [0.25, 0.3) is 0 Å². The van der Waals surface area contributed by atoms with E-state index in [4.69, 9.17) is 16.9 Å². The zero-order valence-corrected chi connectivity index (χ0v) is 10.3. The number of hydrogen-bond donors (Lipinski definition) is 0. The van der Waals surface area contributed by atoms with E-state index in [2.05, 4.69) is 20.6 Å². The zero-order chi connectivity index (χ0) is 12.5. The second-order valence-corrected chi connectivity index (χ2v) is 4.44. The summed E-state index contributed by atoms with van der Waals surface area (Å²) >= 11 is 6.19. The molecule has 2 aromatic rings. The number of nitriles is 1. The normalized spacial score (nSPS) is 14.1. The Morgan fingerprint density at radius 2 is 2.17 bits per heavy atom. The van der Waals surface area contributed by atoms with Gasteiger partial charge in [0.05, 0.1) is 12.1 Å². The molecule has 0 unspecified atom stereocenters. The molecule has 0 amide bonds. The molecular formula is C12H10ClN5. The number of rotatable bonds is 1. The third kappa shape index (κ3) is 1.71. The zero-order valence-electron chi connectivity index (χ0n) is 9.54. The second kappa shape index (κ2) is 4.31. The van der Waals surface area contributed by atoms with E-state index in [1.807, 2.05) is 11.1 Å². The summed E-state index contributed by atoms with van der Waals surface area (Å²) in [5.41, 5.74) is 0.454. The fourth-order valence-electron chi connectivity index (χ4n) is 2.09. The Hall–Kier alpha value is -2.06. The van der Waals surface area contributed by atoms with Gasteiger partial charge in [0, 0.05) is 31.7 Å². The highest BCUT2D eigenvalue weighted by atomic mass is 35.5. The average Bonchev–Trinajstić information content (AvgIpc) is 2.86. The lowest BCUT2D eigenvalue weighted by Crippen LogP contribution is -2.34. The number of pyridine rings is 1. The second-order valence-electron chi connectivity index (χ2n) is 4.07. The summed E-state index contributed by atoms with van der Waals surface area (Å²) in [7, 11) is 0. The Labute approximate surface area is 109 Å². The smallest absolute Gasteiger partial charge is 0.149 e. The van der Waals surface area contributed by atoms with Crippen molar-refractivity contribution >= 4 is 17.4 Å². The van der Waals surface area contributed by atoms with Crippen molar-refractivity contribution in [2.45, 2.75) is 13.1 Å². The van der Waals surface area contributed by atoms with Crippen LogP contribution in [0, 0.1) is 11.3 Å². The molecular weight excluding hydrogens is 250 g/mol. The molecule has 0 saturated heterocycles. The Bertz CT molecular complexity index is 628. The average molecular weight is 260 g/mol. The lowest BCUT2D eigenvalue weighted by molar-refractivity contribution is 0.556. The molecule has 0 saturated carbocycles. The van der Waals surface area contributed by atoms with E-state index >= 15 is 0 Å². The van der Waals surface area contributed by atoms with Gasteiger partial charge in [-0.3, -0.25) is 0 Å². The van der Waals surface area contributed by atoms with Crippen LogP contribution in [-0.4, -0.2) is 21.1 Å². The van der Waals surface area contributed by atoms with Crippen LogP contribution in [0.2, 0.25) is 5.02 Å². The van der Waals surface area contributed by atoms with Crippen molar-refractivity contribution in [3.63, 3.8) is 0 Å². The van der Waals surface area contributed by atoms with Crippen molar-refractivity contribution in [3.05, 3.63) is 41.1 Å². The monoisotopic (exact) mass is 259 g/mol. The van der Waals surface area contributed by atoms with E-state index in [9.17, 15) is 0 Å². The molecule has 3 rings (SSSR count). The minimum atomic E-state index is 0.417. The van der Waals surface area contributed by atoms with Gasteiger partial charge in [-0.15, -0.1) is 0 Å². The largest absolute Gasteiger partial charge is 0.346 e. The molecule has 1 aliphatic heterocycles. The summed E-state index contributed by atoms with van der Waals surface area (Å²) < 4.78 is 2.11.